The van der Waals surface area contributed by atoms with Crippen LogP contribution >= 0.6 is 0 Å². The Morgan fingerprint density at radius 2 is 1.44 bits per heavy atom. The molecule has 0 saturated carbocycles. The molecule has 0 N–H and O–H groups in total. The Morgan fingerprint density at radius 3 is 1.93 bits per heavy atom. The van der Waals surface area contributed by atoms with Crippen molar-refractivity contribution in [3.63, 3.8) is 0 Å². The van der Waals surface area contributed by atoms with E-state index in [1.165, 1.54) is 12.1 Å². The first-order valence-electron chi connectivity index (χ1n) is 8.77. The molecule has 27 heavy (non-hydrogen) atoms. The van der Waals surface area contributed by atoms with E-state index in [0.29, 0.717) is 6.54 Å². The quantitative estimate of drug-likeness (QED) is 0.728. The highest BCUT2D eigenvalue weighted by Crippen LogP contribution is 2.29. The highest BCUT2D eigenvalue weighted by atomic mass is 19.4. The van der Waals surface area contributed by atoms with Crippen molar-refractivity contribution in [2.75, 3.05) is 13.1 Å². The molecule has 1 aliphatic rings. The monoisotopic (exact) mass is 386 g/mol. The summed E-state index contributed by atoms with van der Waals surface area (Å²) in [6.45, 7) is 9.52. The average molecular weight is 386 g/mol. The second-order valence-corrected chi connectivity index (χ2v) is 7.86. The van der Waals surface area contributed by atoms with Gasteiger partial charge in [-0.15, -0.1) is 0 Å². The van der Waals surface area contributed by atoms with Gasteiger partial charge in [-0.05, 0) is 58.9 Å². The third kappa shape index (κ3) is 5.14. The van der Waals surface area contributed by atoms with Gasteiger partial charge in [0.1, 0.15) is 5.60 Å². The van der Waals surface area contributed by atoms with Gasteiger partial charge in [0.05, 0.1) is 5.56 Å². The molecular weight excluding hydrogens is 361 g/mol. The number of alkyl halides is 3. The van der Waals surface area contributed by atoms with Crippen LogP contribution in [0.3, 0.4) is 0 Å². The normalized spacial score (nSPS) is 21.2. The smallest absolute Gasteiger partial charge is 0.416 e. The lowest BCUT2D eigenvalue weighted by atomic mass is 10.1. The number of hydrogen-bond acceptors (Lipinski definition) is 3. The van der Waals surface area contributed by atoms with Crippen LogP contribution in [0.15, 0.2) is 24.3 Å². The van der Waals surface area contributed by atoms with E-state index in [2.05, 4.69) is 0 Å². The Balaban J connectivity index is 2.10. The van der Waals surface area contributed by atoms with Gasteiger partial charge in [-0.25, -0.2) is 4.79 Å². The van der Waals surface area contributed by atoms with Crippen molar-refractivity contribution in [3.05, 3.63) is 35.4 Å². The number of piperazine rings is 1. The fraction of sp³-hybridized carbons (Fsp3) is 0.579. The van der Waals surface area contributed by atoms with Crippen molar-refractivity contribution < 1.29 is 27.5 Å². The lowest BCUT2D eigenvalue weighted by molar-refractivity contribution is -0.137. The zero-order valence-corrected chi connectivity index (χ0v) is 16.1. The number of ether oxygens (including phenoxy) is 1. The van der Waals surface area contributed by atoms with Crippen LogP contribution in [-0.4, -0.2) is 52.6 Å². The van der Waals surface area contributed by atoms with Gasteiger partial charge in [0.15, 0.2) is 0 Å². The van der Waals surface area contributed by atoms with Crippen molar-refractivity contribution in [1.29, 1.82) is 0 Å². The van der Waals surface area contributed by atoms with Crippen LogP contribution < -0.4 is 0 Å². The molecule has 1 saturated heterocycles. The number of amides is 2. The summed E-state index contributed by atoms with van der Waals surface area (Å²) < 4.78 is 43.4. The number of carbonyl (C=O) groups is 2. The molecule has 0 unspecified atom stereocenters. The predicted molar refractivity (Wildman–Crippen MR) is 94.3 cm³/mol. The fourth-order valence-electron chi connectivity index (χ4n) is 2.95. The fourth-order valence-corrected chi connectivity index (χ4v) is 2.95. The third-order valence-electron chi connectivity index (χ3n) is 4.33. The molecule has 0 spiro atoms. The molecule has 1 aromatic carbocycles. The molecule has 0 radical (unpaired) electrons. The topological polar surface area (TPSA) is 49.9 Å². The summed E-state index contributed by atoms with van der Waals surface area (Å²) in [6.07, 6.45) is -4.88. The van der Waals surface area contributed by atoms with E-state index in [-0.39, 0.29) is 30.1 Å². The molecule has 5 nitrogen and oxygen atoms in total. The van der Waals surface area contributed by atoms with E-state index in [0.717, 1.165) is 12.1 Å². The summed E-state index contributed by atoms with van der Waals surface area (Å²) in [5.74, 6) is -0.355. The molecule has 2 atom stereocenters. The Morgan fingerprint density at radius 1 is 0.963 bits per heavy atom. The molecule has 0 bridgehead atoms. The van der Waals surface area contributed by atoms with Gasteiger partial charge in [-0.3, -0.25) is 4.79 Å². The summed E-state index contributed by atoms with van der Waals surface area (Å²) in [7, 11) is 0. The Hall–Kier alpha value is -2.25. The number of halogens is 3. The molecule has 150 valence electrons. The van der Waals surface area contributed by atoms with Crippen molar-refractivity contribution in [2.24, 2.45) is 0 Å². The van der Waals surface area contributed by atoms with Crippen LogP contribution in [0.5, 0.6) is 0 Å². The molecule has 0 aliphatic carbocycles. The minimum absolute atomic E-state index is 0.188. The number of carbonyl (C=O) groups excluding carboxylic acids is 2. The van der Waals surface area contributed by atoms with Crippen LogP contribution in [0.25, 0.3) is 0 Å². The lowest BCUT2D eigenvalue weighted by Crippen LogP contribution is -2.60. The lowest BCUT2D eigenvalue weighted by Gasteiger charge is -2.44. The highest BCUT2D eigenvalue weighted by molar-refractivity contribution is 5.94. The van der Waals surface area contributed by atoms with Crippen LogP contribution in [0.4, 0.5) is 18.0 Å². The van der Waals surface area contributed by atoms with Gasteiger partial charge in [-0.2, -0.15) is 13.2 Å². The molecule has 1 aromatic rings. The zero-order chi connectivity index (χ0) is 20.6. The molecule has 1 heterocycles. The van der Waals surface area contributed by atoms with Crippen molar-refractivity contribution >= 4 is 12.0 Å². The van der Waals surface area contributed by atoms with Gasteiger partial charge in [0.25, 0.3) is 5.91 Å². The Labute approximate surface area is 157 Å². The maximum Gasteiger partial charge on any atom is 0.416 e. The first-order chi connectivity index (χ1) is 12.3. The van der Waals surface area contributed by atoms with Crippen molar-refractivity contribution in [2.45, 2.75) is 58.5 Å². The van der Waals surface area contributed by atoms with Gasteiger partial charge in [0.2, 0.25) is 0 Å². The second-order valence-electron chi connectivity index (χ2n) is 7.86. The molecule has 2 amide bonds. The van der Waals surface area contributed by atoms with Crippen LogP contribution in [0.1, 0.15) is 50.5 Å². The van der Waals surface area contributed by atoms with E-state index in [1.807, 2.05) is 6.92 Å². The SMILES string of the molecule is C[C@@H]1CN(C(=O)OC(C)(C)C)[C@@H](C)CN1C(=O)c1ccc(C(F)(F)F)cc1. The number of benzene rings is 1. The van der Waals surface area contributed by atoms with Gasteiger partial charge in [0, 0.05) is 30.7 Å². The molecule has 0 aromatic heterocycles. The summed E-state index contributed by atoms with van der Waals surface area (Å²) in [6, 6.07) is 3.61. The standard InChI is InChI=1S/C19H25F3N2O3/c1-12-11-24(17(26)27-18(3,4)5)13(2)10-23(12)16(25)14-6-8-15(9-7-14)19(20,21)22/h6-9,12-13H,10-11H2,1-5H3/t12-,13+/m1/s1. The molecule has 2 rings (SSSR count). The van der Waals surface area contributed by atoms with Crippen LogP contribution in [-0.2, 0) is 10.9 Å². The molecule has 8 heteroatoms. The van der Waals surface area contributed by atoms with E-state index in [9.17, 15) is 22.8 Å². The Kier molecular flexibility index (Phi) is 5.77. The van der Waals surface area contributed by atoms with E-state index in [1.54, 1.807) is 37.5 Å². The van der Waals surface area contributed by atoms with E-state index < -0.39 is 23.4 Å². The van der Waals surface area contributed by atoms with Crippen LogP contribution in [0.2, 0.25) is 0 Å². The van der Waals surface area contributed by atoms with Crippen molar-refractivity contribution in [1.82, 2.24) is 9.80 Å². The number of nitrogens with zero attached hydrogens (tertiary/aromatic N) is 2. The summed E-state index contributed by atoms with van der Waals surface area (Å²) in [5.41, 5.74) is -1.23. The van der Waals surface area contributed by atoms with Gasteiger partial charge < -0.3 is 14.5 Å². The van der Waals surface area contributed by atoms with Crippen molar-refractivity contribution in [3.8, 4) is 0 Å². The summed E-state index contributed by atoms with van der Waals surface area (Å²) >= 11 is 0. The largest absolute Gasteiger partial charge is 0.444 e. The van der Waals surface area contributed by atoms with Gasteiger partial charge in [-0.1, -0.05) is 0 Å². The average Bonchev–Trinajstić information content (AvgIpc) is 2.53. The summed E-state index contributed by atoms with van der Waals surface area (Å²) in [4.78, 5) is 28.2. The van der Waals surface area contributed by atoms with Crippen LogP contribution in [0, 0.1) is 0 Å². The van der Waals surface area contributed by atoms with Gasteiger partial charge >= 0.3 is 12.3 Å². The number of rotatable bonds is 1. The predicted octanol–water partition coefficient (Wildman–Crippen LogP) is 4.18. The molecule has 1 fully saturated rings. The highest BCUT2D eigenvalue weighted by Gasteiger charge is 2.37. The summed E-state index contributed by atoms with van der Waals surface area (Å²) in [5, 5.41) is 0. The first kappa shape index (κ1) is 21.1. The molecule has 1 aliphatic heterocycles. The Bertz CT molecular complexity index is 696. The number of hydrogen-bond donors (Lipinski definition) is 0. The van der Waals surface area contributed by atoms with E-state index in [4.69, 9.17) is 4.74 Å². The minimum Gasteiger partial charge on any atom is -0.444 e. The second kappa shape index (κ2) is 7.40. The minimum atomic E-state index is -4.44. The first-order valence-corrected chi connectivity index (χ1v) is 8.77. The third-order valence-corrected chi connectivity index (χ3v) is 4.33. The maximum absolute atomic E-state index is 12.7. The maximum atomic E-state index is 12.7. The van der Waals surface area contributed by atoms with E-state index >= 15 is 0 Å². The zero-order valence-electron chi connectivity index (χ0n) is 16.1. The molecular formula is C19H25F3N2O3.